The molecule has 1 amide bonds. The molecule has 0 fully saturated rings. The average Bonchev–Trinajstić information content (AvgIpc) is 2.39. The zero-order chi connectivity index (χ0) is 13.8. The number of methoxy groups -OCH3 is 1. The van der Waals surface area contributed by atoms with Gasteiger partial charge in [0, 0.05) is 17.5 Å². The number of nitrogens with zero attached hydrogens (tertiary/aromatic N) is 2. The fourth-order valence-corrected chi connectivity index (χ4v) is 1.70. The van der Waals surface area contributed by atoms with Gasteiger partial charge in [-0.2, -0.15) is 0 Å². The maximum absolute atomic E-state index is 12.1. The summed E-state index contributed by atoms with van der Waals surface area (Å²) >= 11 is 5.74. The van der Waals surface area contributed by atoms with Crippen LogP contribution >= 0.6 is 11.6 Å². The first-order valence-electron chi connectivity index (χ1n) is 5.54. The number of ether oxygens (including phenoxy) is 1. The van der Waals surface area contributed by atoms with Gasteiger partial charge in [-0.05, 0) is 31.2 Å². The first kappa shape index (κ1) is 13.3. The predicted octanol–water partition coefficient (Wildman–Crippen LogP) is 2.70. The van der Waals surface area contributed by atoms with Crippen LogP contribution in [0.1, 0.15) is 16.1 Å². The number of hydrogen-bond acceptors (Lipinski definition) is 4. The van der Waals surface area contributed by atoms with E-state index < -0.39 is 0 Å². The van der Waals surface area contributed by atoms with E-state index in [1.807, 2.05) is 6.92 Å². The molecule has 0 aliphatic carbocycles. The van der Waals surface area contributed by atoms with E-state index in [1.54, 1.807) is 18.2 Å². The quantitative estimate of drug-likeness (QED) is 0.876. The van der Waals surface area contributed by atoms with Gasteiger partial charge in [0.2, 0.25) is 0 Å². The summed E-state index contributed by atoms with van der Waals surface area (Å²) in [5, 5.41) is 2.95. The van der Waals surface area contributed by atoms with Gasteiger partial charge in [0.25, 0.3) is 5.91 Å². The largest absolute Gasteiger partial charge is 0.493 e. The van der Waals surface area contributed by atoms with Crippen molar-refractivity contribution in [3.63, 3.8) is 0 Å². The zero-order valence-electron chi connectivity index (χ0n) is 10.5. The number of aryl methyl sites for hydroxylation is 1. The molecule has 2 heterocycles. The molecule has 0 aliphatic heterocycles. The van der Waals surface area contributed by atoms with Gasteiger partial charge in [-0.3, -0.25) is 4.79 Å². The van der Waals surface area contributed by atoms with Crippen LogP contribution in [0.4, 0.5) is 5.82 Å². The molecule has 98 valence electrons. The Morgan fingerprint density at radius 2 is 2.16 bits per heavy atom. The summed E-state index contributed by atoms with van der Waals surface area (Å²) in [5.74, 6) is 0.556. The van der Waals surface area contributed by atoms with E-state index in [2.05, 4.69) is 15.3 Å². The van der Waals surface area contributed by atoms with Crippen LogP contribution in [0.25, 0.3) is 0 Å². The van der Waals surface area contributed by atoms with Crippen LogP contribution in [0.15, 0.2) is 30.5 Å². The highest BCUT2D eigenvalue weighted by molar-refractivity contribution is 6.29. The van der Waals surface area contributed by atoms with Gasteiger partial charge in [0.05, 0.1) is 7.11 Å². The molecule has 0 aliphatic rings. The van der Waals surface area contributed by atoms with Crippen LogP contribution < -0.4 is 10.1 Å². The summed E-state index contributed by atoms with van der Waals surface area (Å²) < 4.78 is 5.15. The number of nitrogens with one attached hydrogen (secondary N) is 1. The summed E-state index contributed by atoms with van der Waals surface area (Å²) in [6.07, 6.45) is 1.47. The van der Waals surface area contributed by atoms with Crippen molar-refractivity contribution in [3.05, 3.63) is 46.9 Å². The first-order chi connectivity index (χ1) is 9.10. The molecular weight excluding hydrogens is 266 g/mol. The van der Waals surface area contributed by atoms with Crippen molar-refractivity contribution in [2.24, 2.45) is 0 Å². The Balaban J connectivity index is 2.26. The van der Waals surface area contributed by atoms with Gasteiger partial charge in [-0.1, -0.05) is 11.6 Å². The third kappa shape index (κ3) is 3.20. The summed E-state index contributed by atoms with van der Waals surface area (Å²) in [6.45, 7) is 1.83. The van der Waals surface area contributed by atoms with E-state index in [9.17, 15) is 4.79 Å². The smallest absolute Gasteiger partial charge is 0.257 e. The number of carbonyl (C=O) groups is 1. The van der Waals surface area contributed by atoms with Crippen LogP contribution in [0.5, 0.6) is 5.75 Å². The first-order valence-corrected chi connectivity index (χ1v) is 5.92. The Kier molecular flexibility index (Phi) is 3.97. The van der Waals surface area contributed by atoms with E-state index in [4.69, 9.17) is 16.3 Å². The number of halogens is 1. The zero-order valence-corrected chi connectivity index (χ0v) is 11.2. The maximum Gasteiger partial charge on any atom is 0.257 e. The summed E-state index contributed by atoms with van der Waals surface area (Å²) in [5.41, 5.74) is 1.19. The molecule has 19 heavy (non-hydrogen) atoms. The molecule has 2 aromatic rings. The lowest BCUT2D eigenvalue weighted by Gasteiger charge is -2.09. The van der Waals surface area contributed by atoms with Crippen LogP contribution in [-0.2, 0) is 0 Å². The normalized spacial score (nSPS) is 10.1. The maximum atomic E-state index is 12.1. The molecule has 2 aromatic heterocycles. The van der Waals surface area contributed by atoms with Gasteiger partial charge in [-0.25, -0.2) is 9.97 Å². The molecular formula is C13H12ClN3O2. The number of anilines is 1. The number of carbonyl (C=O) groups excluding carboxylic acids is 1. The van der Waals surface area contributed by atoms with Crippen molar-refractivity contribution < 1.29 is 9.53 Å². The third-order valence-corrected chi connectivity index (χ3v) is 2.64. The lowest BCUT2D eigenvalue weighted by atomic mass is 10.2. The Labute approximate surface area is 115 Å². The molecule has 1 N–H and O–H groups in total. The monoisotopic (exact) mass is 277 g/mol. The van der Waals surface area contributed by atoms with Gasteiger partial charge >= 0.3 is 0 Å². The van der Waals surface area contributed by atoms with Crippen molar-refractivity contribution in [2.75, 3.05) is 12.4 Å². The van der Waals surface area contributed by atoms with Gasteiger partial charge in [-0.15, -0.1) is 0 Å². The molecule has 2 rings (SSSR count). The lowest BCUT2D eigenvalue weighted by Crippen LogP contribution is -2.14. The number of hydrogen-bond donors (Lipinski definition) is 1. The highest BCUT2D eigenvalue weighted by Gasteiger charge is 2.11. The molecule has 0 aromatic carbocycles. The molecule has 0 saturated heterocycles. The van der Waals surface area contributed by atoms with Gasteiger partial charge in [0.15, 0.2) is 11.6 Å². The molecule has 0 radical (unpaired) electrons. The van der Waals surface area contributed by atoms with Crippen molar-refractivity contribution in [1.29, 1.82) is 0 Å². The van der Waals surface area contributed by atoms with E-state index >= 15 is 0 Å². The molecule has 0 bridgehead atoms. The summed E-state index contributed by atoms with van der Waals surface area (Å²) in [7, 11) is 1.52. The second kappa shape index (κ2) is 5.67. The summed E-state index contributed by atoms with van der Waals surface area (Å²) in [4.78, 5) is 20.1. The number of pyridine rings is 2. The molecule has 5 nitrogen and oxygen atoms in total. The fraction of sp³-hybridized carbons (Fsp3) is 0.154. The Morgan fingerprint density at radius 3 is 2.84 bits per heavy atom. The molecule has 0 atom stereocenters. The minimum atomic E-state index is -0.319. The number of aromatic nitrogens is 2. The molecule has 0 saturated carbocycles. The van der Waals surface area contributed by atoms with E-state index in [0.717, 1.165) is 5.69 Å². The average molecular weight is 278 g/mol. The number of amides is 1. The van der Waals surface area contributed by atoms with Gasteiger partial charge in [0.1, 0.15) is 5.15 Å². The highest BCUT2D eigenvalue weighted by atomic mass is 35.5. The second-order valence-electron chi connectivity index (χ2n) is 3.82. The van der Waals surface area contributed by atoms with Crippen LogP contribution in [0, 0.1) is 6.92 Å². The Bertz CT molecular complexity index is 617. The van der Waals surface area contributed by atoms with E-state index in [1.165, 1.54) is 19.4 Å². The molecule has 0 spiro atoms. The highest BCUT2D eigenvalue weighted by Crippen LogP contribution is 2.22. The van der Waals surface area contributed by atoms with E-state index in [0.29, 0.717) is 17.1 Å². The summed E-state index contributed by atoms with van der Waals surface area (Å²) in [6, 6.07) is 6.61. The fourth-order valence-electron chi connectivity index (χ4n) is 1.52. The van der Waals surface area contributed by atoms with E-state index in [-0.39, 0.29) is 11.1 Å². The standard InChI is InChI=1S/C13H12ClN3O2/c1-8-3-4-10(19-2)12(16-8)17-13(18)9-5-6-15-11(14)7-9/h3-7H,1-2H3,(H,16,17,18). The van der Waals surface area contributed by atoms with Crippen LogP contribution in [-0.4, -0.2) is 23.0 Å². The van der Waals surface area contributed by atoms with Crippen LogP contribution in [0.3, 0.4) is 0 Å². The Morgan fingerprint density at radius 1 is 1.37 bits per heavy atom. The number of rotatable bonds is 3. The van der Waals surface area contributed by atoms with Crippen molar-refractivity contribution >= 4 is 23.3 Å². The topological polar surface area (TPSA) is 64.1 Å². The third-order valence-electron chi connectivity index (χ3n) is 2.44. The van der Waals surface area contributed by atoms with Crippen molar-refractivity contribution in [1.82, 2.24) is 9.97 Å². The lowest BCUT2D eigenvalue weighted by molar-refractivity contribution is 0.102. The van der Waals surface area contributed by atoms with Crippen LogP contribution in [0.2, 0.25) is 5.15 Å². The Hall–Kier alpha value is -2.14. The SMILES string of the molecule is COc1ccc(C)nc1NC(=O)c1ccnc(Cl)c1. The van der Waals surface area contributed by atoms with Gasteiger partial charge < -0.3 is 10.1 Å². The van der Waals surface area contributed by atoms with Crippen molar-refractivity contribution in [3.8, 4) is 5.75 Å². The van der Waals surface area contributed by atoms with Crippen molar-refractivity contribution in [2.45, 2.75) is 6.92 Å². The molecule has 6 heteroatoms. The minimum Gasteiger partial charge on any atom is -0.493 e. The second-order valence-corrected chi connectivity index (χ2v) is 4.21. The molecule has 0 unspecified atom stereocenters. The minimum absolute atomic E-state index is 0.261. The predicted molar refractivity (Wildman–Crippen MR) is 72.7 cm³/mol.